The van der Waals surface area contributed by atoms with Crippen LogP contribution in [0.15, 0.2) is 24.3 Å². The van der Waals surface area contributed by atoms with Gasteiger partial charge >= 0.3 is 5.97 Å². The van der Waals surface area contributed by atoms with Crippen LogP contribution in [0.25, 0.3) is 0 Å². The Balaban J connectivity index is 2.34. The van der Waals surface area contributed by atoms with Crippen molar-refractivity contribution in [2.45, 2.75) is 44.1 Å². The zero-order valence-electron chi connectivity index (χ0n) is 12.0. The molecule has 0 aliphatic carbocycles. The van der Waals surface area contributed by atoms with E-state index in [1.165, 1.54) is 0 Å². The molecule has 0 amide bonds. The molecule has 1 aromatic carbocycles. The fraction of sp³-hybridized carbons (Fsp3) is 0.562. The molecular formula is C16H23NO3. The number of aryl methyl sites for hydroxylation is 1. The summed E-state index contributed by atoms with van der Waals surface area (Å²) in [6.45, 7) is 2.75. The third kappa shape index (κ3) is 2.86. The number of aliphatic carboxylic acids is 1. The summed E-state index contributed by atoms with van der Waals surface area (Å²) >= 11 is 0. The van der Waals surface area contributed by atoms with E-state index < -0.39 is 11.4 Å². The first kappa shape index (κ1) is 15.0. The average molecular weight is 277 g/mol. The number of carboxylic acids is 1. The Labute approximate surface area is 119 Å². The molecule has 4 heteroatoms. The first-order valence-corrected chi connectivity index (χ1v) is 7.21. The molecule has 1 aliphatic rings. The van der Waals surface area contributed by atoms with Crippen LogP contribution in [0.3, 0.4) is 0 Å². The van der Waals surface area contributed by atoms with Crippen LogP contribution in [0.4, 0.5) is 0 Å². The SMILES string of the molecule is Cc1ccccc1C(CN)(CC1CCCCO1)C(=O)O. The molecule has 110 valence electrons. The average Bonchev–Trinajstić information content (AvgIpc) is 2.46. The third-order valence-corrected chi connectivity index (χ3v) is 4.27. The maximum absolute atomic E-state index is 11.9. The number of hydrogen-bond acceptors (Lipinski definition) is 3. The molecule has 1 saturated heterocycles. The molecule has 1 fully saturated rings. The Morgan fingerprint density at radius 2 is 2.20 bits per heavy atom. The van der Waals surface area contributed by atoms with Crippen molar-refractivity contribution in [1.82, 2.24) is 0 Å². The predicted molar refractivity (Wildman–Crippen MR) is 77.8 cm³/mol. The van der Waals surface area contributed by atoms with Crippen molar-refractivity contribution in [2.24, 2.45) is 5.73 Å². The lowest BCUT2D eigenvalue weighted by Gasteiger charge is -2.35. The van der Waals surface area contributed by atoms with Crippen molar-refractivity contribution in [2.75, 3.05) is 13.2 Å². The van der Waals surface area contributed by atoms with Gasteiger partial charge in [-0.25, -0.2) is 0 Å². The predicted octanol–water partition coefficient (Wildman–Crippen LogP) is 2.24. The van der Waals surface area contributed by atoms with E-state index >= 15 is 0 Å². The van der Waals surface area contributed by atoms with Gasteiger partial charge in [-0.05, 0) is 43.7 Å². The first-order valence-electron chi connectivity index (χ1n) is 7.21. The Hall–Kier alpha value is -1.39. The van der Waals surface area contributed by atoms with E-state index in [1.807, 2.05) is 31.2 Å². The van der Waals surface area contributed by atoms with Crippen molar-refractivity contribution in [3.8, 4) is 0 Å². The molecule has 1 aliphatic heterocycles. The highest BCUT2D eigenvalue weighted by molar-refractivity contribution is 5.82. The molecule has 4 nitrogen and oxygen atoms in total. The molecule has 0 bridgehead atoms. The van der Waals surface area contributed by atoms with Crippen LogP contribution in [0, 0.1) is 6.92 Å². The Morgan fingerprint density at radius 1 is 1.45 bits per heavy atom. The zero-order chi connectivity index (χ0) is 14.6. The van der Waals surface area contributed by atoms with E-state index in [1.54, 1.807) is 0 Å². The van der Waals surface area contributed by atoms with E-state index in [0.29, 0.717) is 6.42 Å². The van der Waals surface area contributed by atoms with Crippen molar-refractivity contribution in [3.63, 3.8) is 0 Å². The van der Waals surface area contributed by atoms with E-state index in [4.69, 9.17) is 10.5 Å². The molecule has 1 heterocycles. The molecule has 0 saturated carbocycles. The molecule has 1 aromatic rings. The molecule has 0 spiro atoms. The summed E-state index contributed by atoms with van der Waals surface area (Å²) in [5.41, 5.74) is 6.62. The number of carbonyl (C=O) groups is 1. The van der Waals surface area contributed by atoms with E-state index in [9.17, 15) is 9.90 Å². The molecule has 3 N–H and O–H groups in total. The van der Waals surface area contributed by atoms with Gasteiger partial charge in [-0.15, -0.1) is 0 Å². The highest BCUT2D eigenvalue weighted by Crippen LogP contribution is 2.34. The number of hydrogen-bond donors (Lipinski definition) is 2. The summed E-state index contributed by atoms with van der Waals surface area (Å²) in [5.74, 6) is -0.858. The van der Waals surface area contributed by atoms with Crippen LogP contribution in [0.2, 0.25) is 0 Å². The van der Waals surface area contributed by atoms with Gasteiger partial charge in [-0.1, -0.05) is 24.3 Å². The molecular weight excluding hydrogens is 254 g/mol. The summed E-state index contributed by atoms with van der Waals surface area (Å²) in [4.78, 5) is 11.9. The van der Waals surface area contributed by atoms with E-state index in [0.717, 1.165) is 37.0 Å². The topological polar surface area (TPSA) is 72.5 Å². The summed E-state index contributed by atoms with van der Waals surface area (Å²) in [6, 6.07) is 7.60. The Kier molecular flexibility index (Phi) is 4.78. The van der Waals surface area contributed by atoms with Gasteiger partial charge in [0.05, 0.1) is 6.10 Å². The number of nitrogens with two attached hydrogens (primary N) is 1. The second-order valence-electron chi connectivity index (χ2n) is 5.60. The molecule has 2 unspecified atom stereocenters. The second-order valence-corrected chi connectivity index (χ2v) is 5.60. The summed E-state index contributed by atoms with van der Waals surface area (Å²) in [7, 11) is 0. The van der Waals surface area contributed by atoms with E-state index in [-0.39, 0.29) is 12.6 Å². The Morgan fingerprint density at radius 3 is 2.75 bits per heavy atom. The minimum atomic E-state index is -1.05. The van der Waals surface area contributed by atoms with Crippen LogP contribution >= 0.6 is 0 Å². The monoisotopic (exact) mass is 277 g/mol. The van der Waals surface area contributed by atoms with Gasteiger partial charge in [-0.3, -0.25) is 4.79 Å². The summed E-state index contributed by atoms with van der Waals surface area (Å²) < 4.78 is 5.73. The lowest BCUT2D eigenvalue weighted by Crippen LogP contribution is -2.46. The van der Waals surface area contributed by atoms with Crippen LogP contribution in [0.1, 0.15) is 36.8 Å². The van der Waals surface area contributed by atoms with Gasteiger partial charge in [0.15, 0.2) is 0 Å². The van der Waals surface area contributed by atoms with Gasteiger partial charge in [0.2, 0.25) is 0 Å². The van der Waals surface area contributed by atoms with Crippen LogP contribution in [0.5, 0.6) is 0 Å². The molecule has 2 atom stereocenters. The van der Waals surface area contributed by atoms with Crippen LogP contribution in [-0.4, -0.2) is 30.3 Å². The normalized spacial score (nSPS) is 22.2. The fourth-order valence-corrected chi connectivity index (χ4v) is 3.06. The molecule has 2 rings (SSSR count). The van der Waals surface area contributed by atoms with Gasteiger partial charge in [-0.2, -0.15) is 0 Å². The lowest BCUT2D eigenvalue weighted by atomic mass is 9.73. The first-order chi connectivity index (χ1) is 9.60. The summed E-state index contributed by atoms with van der Waals surface area (Å²) in [5, 5.41) is 9.80. The highest BCUT2D eigenvalue weighted by Gasteiger charge is 2.42. The Bertz CT molecular complexity index is 469. The fourth-order valence-electron chi connectivity index (χ4n) is 3.06. The van der Waals surface area contributed by atoms with Gasteiger partial charge in [0, 0.05) is 13.2 Å². The summed E-state index contributed by atoms with van der Waals surface area (Å²) in [6.07, 6.45) is 3.51. The number of carboxylic acid groups (broad SMARTS) is 1. The number of benzene rings is 1. The van der Waals surface area contributed by atoms with Crippen molar-refractivity contribution in [1.29, 1.82) is 0 Å². The minimum absolute atomic E-state index is 0.0111. The smallest absolute Gasteiger partial charge is 0.315 e. The quantitative estimate of drug-likeness (QED) is 0.865. The molecule has 0 aromatic heterocycles. The van der Waals surface area contributed by atoms with E-state index in [2.05, 4.69) is 0 Å². The zero-order valence-corrected chi connectivity index (χ0v) is 12.0. The van der Waals surface area contributed by atoms with Crippen molar-refractivity contribution >= 4 is 5.97 Å². The van der Waals surface area contributed by atoms with Gasteiger partial charge in [0.1, 0.15) is 5.41 Å². The van der Waals surface area contributed by atoms with Crippen LogP contribution in [-0.2, 0) is 14.9 Å². The van der Waals surface area contributed by atoms with Gasteiger partial charge in [0.25, 0.3) is 0 Å². The number of ether oxygens (including phenoxy) is 1. The highest BCUT2D eigenvalue weighted by atomic mass is 16.5. The molecule has 20 heavy (non-hydrogen) atoms. The minimum Gasteiger partial charge on any atom is -0.481 e. The maximum atomic E-state index is 11.9. The largest absolute Gasteiger partial charge is 0.481 e. The lowest BCUT2D eigenvalue weighted by molar-refractivity contribution is -0.145. The second kappa shape index (κ2) is 6.37. The molecule has 0 radical (unpaired) electrons. The maximum Gasteiger partial charge on any atom is 0.315 e. The van der Waals surface area contributed by atoms with Crippen molar-refractivity contribution in [3.05, 3.63) is 35.4 Å². The standard InChI is InChI=1S/C16H23NO3/c1-12-6-2-3-8-14(12)16(11-17,15(18)19)10-13-7-4-5-9-20-13/h2-3,6,8,13H,4-5,7,9-11,17H2,1H3,(H,18,19). The van der Waals surface area contributed by atoms with Gasteiger partial charge < -0.3 is 15.6 Å². The van der Waals surface area contributed by atoms with Crippen LogP contribution < -0.4 is 5.73 Å². The van der Waals surface area contributed by atoms with Crippen molar-refractivity contribution < 1.29 is 14.6 Å². The third-order valence-electron chi connectivity index (χ3n) is 4.27. The number of rotatable bonds is 5.